The number of hydrogen-bond donors (Lipinski definition) is 0. The zero-order valence-corrected chi connectivity index (χ0v) is 8.96. The zero-order chi connectivity index (χ0) is 11.4. The van der Waals surface area contributed by atoms with Crippen molar-refractivity contribution in [3.8, 4) is 5.75 Å². The van der Waals surface area contributed by atoms with Gasteiger partial charge in [-0.1, -0.05) is 12.1 Å². The van der Waals surface area contributed by atoms with Gasteiger partial charge in [0.1, 0.15) is 5.75 Å². The summed E-state index contributed by atoms with van der Waals surface area (Å²) in [6.45, 7) is 0.630. The van der Waals surface area contributed by atoms with Gasteiger partial charge in [0.15, 0.2) is 6.29 Å². The highest BCUT2D eigenvalue weighted by Crippen LogP contribution is 2.13. The maximum absolute atomic E-state index is 10.5. The van der Waals surface area contributed by atoms with E-state index in [0.29, 0.717) is 12.1 Å². The largest absolute Gasteiger partial charge is 0.497 e. The quantitative estimate of drug-likeness (QED) is 0.731. The van der Waals surface area contributed by atoms with Crippen LogP contribution in [0.5, 0.6) is 5.75 Å². The molecule has 82 valence electrons. The summed E-state index contributed by atoms with van der Waals surface area (Å²) in [5.74, 6) is 0.820. The molecule has 0 N–H and O–H groups in total. The highest BCUT2D eigenvalue weighted by Gasteiger charge is 1.99. The number of aldehydes is 1. The Morgan fingerprint density at radius 2 is 2.38 bits per heavy atom. The first-order valence-corrected chi connectivity index (χ1v) is 4.92. The van der Waals surface area contributed by atoms with Crippen molar-refractivity contribution >= 4 is 6.29 Å². The summed E-state index contributed by atoms with van der Waals surface area (Å²) in [7, 11) is 1.64. The van der Waals surface area contributed by atoms with E-state index in [2.05, 4.69) is 5.10 Å². The van der Waals surface area contributed by atoms with E-state index in [0.717, 1.165) is 17.6 Å². The Morgan fingerprint density at radius 3 is 3.06 bits per heavy atom. The van der Waals surface area contributed by atoms with E-state index in [4.69, 9.17) is 4.74 Å². The molecule has 0 aliphatic carbocycles. The lowest BCUT2D eigenvalue weighted by Crippen LogP contribution is -2.00. The highest BCUT2D eigenvalue weighted by atomic mass is 16.5. The predicted octanol–water partition coefficient (Wildman–Crippen LogP) is 1.75. The van der Waals surface area contributed by atoms with Crippen LogP contribution in [-0.4, -0.2) is 23.2 Å². The van der Waals surface area contributed by atoms with Crippen molar-refractivity contribution in [3.05, 3.63) is 47.8 Å². The Bertz CT molecular complexity index is 491. The SMILES string of the molecule is COc1cccc(Cn2cc(C=O)cn2)c1. The van der Waals surface area contributed by atoms with Crippen molar-refractivity contribution in [1.82, 2.24) is 9.78 Å². The molecular formula is C12H12N2O2. The van der Waals surface area contributed by atoms with Crippen LogP contribution in [0.15, 0.2) is 36.7 Å². The van der Waals surface area contributed by atoms with Gasteiger partial charge < -0.3 is 4.74 Å². The molecule has 0 aliphatic rings. The van der Waals surface area contributed by atoms with Gasteiger partial charge >= 0.3 is 0 Å². The van der Waals surface area contributed by atoms with Crippen molar-refractivity contribution in [3.63, 3.8) is 0 Å². The van der Waals surface area contributed by atoms with Crippen molar-refractivity contribution in [2.24, 2.45) is 0 Å². The Balaban J connectivity index is 2.16. The number of rotatable bonds is 4. The molecule has 0 saturated heterocycles. The zero-order valence-electron chi connectivity index (χ0n) is 8.96. The molecule has 0 unspecified atom stereocenters. The van der Waals surface area contributed by atoms with Crippen LogP contribution < -0.4 is 4.74 Å². The number of carbonyl (C=O) groups is 1. The number of hydrogen-bond acceptors (Lipinski definition) is 3. The second-order valence-corrected chi connectivity index (χ2v) is 3.44. The lowest BCUT2D eigenvalue weighted by molar-refractivity contribution is 0.112. The fourth-order valence-corrected chi connectivity index (χ4v) is 1.48. The summed E-state index contributed by atoms with van der Waals surface area (Å²) < 4.78 is 6.85. The third kappa shape index (κ3) is 2.28. The average molecular weight is 216 g/mol. The molecule has 0 bridgehead atoms. The first-order valence-electron chi connectivity index (χ1n) is 4.92. The molecule has 0 radical (unpaired) electrons. The van der Waals surface area contributed by atoms with Gasteiger partial charge in [0.2, 0.25) is 0 Å². The molecular weight excluding hydrogens is 204 g/mol. The van der Waals surface area contributed by atoms with E-state index in [-0.39, 0.29) is 0 Å². The predicted molar refractivity (Wildman–Crippen MR) is 59.7 cm³/mol. The molecule has 0 amide bonds. The van der Waals surface area contributed by atoms with Crippen molar-refractivity contribution in [2.45, 2.75) is 6.54 Å². The molecule has 0 saturated carbocycles. The van der Waals surface area contributed by atoms with Crippen LogP contribution in [0.3, 0.4) is 0 Å². The summed E-state index contributed by atoms with van der Waals surface area (Å²) in [6.07, 6.45) is 4.05. The Kier molecular flexibility index (Phi) is 3.00. The second kappa shape index (κ2) is 4.61. The molecule has 1 aromatic heterocycles. The van der Waals surface area contributed by atoms with Crippen LogP contribution in [-0.2, 0) is 6.54 Å². The first kappa shape index (κ1) is 10.4. The molecule has 2 rings (SSSR count). The van der Waals surface area contributed by atoms with Crippen LogP contribution in [0.2, 0.25) is 0 Å². The van der Waals surface area contributed by atoms with Gasteiger partial charge in [-0.3, -0.25) is 9.48 Å². The Labute approximate surface area is 93.5 Å². The summed E-state index contributed by atoms with van der Waals surface area (Å²) in [5.41, 5.74) is 1.67. The fourth-order valence-electron chi connectivity index (χ4n) is 1.48. The fraction of sp³-hybridized carbons (Fsp3) is 0.167. The molecule has 0 aliphatic heterocycles. The summed E-state index contributed by atoms with van der Waals surface area (Å²) in [6, 6.07) is 7.76. The third-order valence-corrected chi connectivity index (χ3v) is 2.27. The molecule has 16 heavy (non-hydrogen) atoms. The summed E-state index contributed by atoms with van der Waals surface area (Å²) in [4.78, 5) is 10.5. The van der Waals surface area contributed by atoms with Crippen molar-refractivity contribution in [1.29, 1.82) is 0 Å². The van der Waals surface area contributed by atoms with E-state index in [1.54, 1.807) is 24.2 Å². The molecule has 1 aromatic carbocycles. The Morgan fingerprint density at radius 1 is 1.50 bits per heavy atom. The normalized spacial score (nSPS) is 10.1. The number of nitrogens with zero attached hydrogens (tertiary/aromatic N) is 2. The average Bonchev–Trinajstić information content (AvgIpc) is 2.77. The van der Waals surface area contributed by atoms with Crippen LogP contribution in [0.1, 0.15) is 15.9 Å². The first-order chi connectivity index (χ1) is 7.81. The van der Waals surface area contributed by atoms with E-state index in [1.165, 1.54) is 0 Å². The van der Waals surface area contributed by atoms with Gasteiger partial charge in [-0.25, -0.2) is 0 Å². The third-order valence-electron chi connectivity index (χ3n) is 2.27. The van der Waals surface area contributed by atoms with E-state index in [9.17, 15) is 4.79 Å². The maximum atomic E-state index is 10.5. The smallest absolute Gasteiger partial charge is 0.153 e. The van der Waals surface area contributed by atoms with Crippen molar-refractivity contribution in [2.75, 3.05) is 7.11 Å². The minimum atomic E-state index is 0.586. The summed E-state index contributed by atoms with van der Waals surface area (Å²) in [5, 5.41) is 4.08. The highest BCUT2D eigenvalue weighted by molar-refractivity contribution is 5.73. The van der Waals surface area contributed by atoms with Gasteiger partial charge in [0.05, 0.1) is 25.4 Å². The van der Waals surface area contributed by atoms with Gasteiger partial charge in [-0.05, 0) is 17.7 Å². The van der Waals surface area contributed by atoms with Gasteiger partial charge in [-0.15, -0.1) is 0 Å². The number of benzene rings is 1. The topological polar surface area (TPSA) is 44.1 Å². The van der Waals surface area contributed by atoms with Gasteiger partial charge in [-0.2, -0.15) is 5.10 Å². The minimum absolute atomic E-state index is 0.586. The maximum Gasteiger partial charge on any atom is 0.153 e. The standard InChI is InChI=1S/C12H12N2O2/c1-16-12-4-2-3-10(5-12)7-14-8-11(9-15)6-13-14/h2-6,8-9H,7H2,1H3. The summed E-state index contributed by atoms with van der Waals surface area (Å²) >= 11 is 0. The Hall–Kier alpha value is -2.10. The molecule has 4 heteroatoms. The molecule has 1 heterocycles. The second-order valence-electron chi connectivity index (χ2n) is 3.44. The van der Waals surface area contributed by atoms with Crippen LogP contribution in [0.25, 0.3) is 0 Å². The van der Waals surface area contributed by atoms with Crippen LogP contribution in [0.4, 0.5) is 0 Å². The lowest BCUT2D eigenvalue weighted by Gasteiger charge is -2.04. The molecule has 0 atom stereocenters. The van der Waals surface area contributed by atoms with E-state index in [1.807, 2.05) is 24.3 Å². The van der Waals surface area contributed by atoms with E-state index < -0.39 is 0 Å². The molecule has 2 aromatic rings. The lowest BCUT2D eigenvalue weighted by atomic mass is 10.2. The number of aromatic nitrogens is 2. The molecule has 4 nitrogen and oxygen atoms in total. The molecule has 0 fully saturated rings. The van der Waals surface area contributed by atoms with E-state index >= 15 is 0 Å². The molecule has 0 spiro atoms. The van der Waals surface area contributed by atoms with Gasteiger partial charge in [0.25, 0.3) is 0 Å². The number of methoxy groups -OCH3 is 1. The van der Waals surface area contributed by atoms with Gasteiger partial charge in [0, 0.05) is 6.20 Å². The van der Waals surface area contributed by atoms with Crippen LogP contribution >= 0.6 is 0 Å². The number of ether oxygens (including phenoxy) is 1. The minimum Gasteiger partial charge on any atom is -0.497 e. The van der Waals surface area contributed by atoms with Crippen molar-refractivity contribution < 1.29 is 9.53 Å². The monoisotopic (exact) mass is 216 g/mol. The van der Waals surface area contributed by atoms with Crippen LogP contribution in [0, 0.1) is 0 Å². The number of carbonyl (C=O) groups excluding carboxylic acids is 1.